The molecule has 0 unspecified atom stereocenters. The normalized spacial score (nSPS) is 11.3. The fourth-order valence-corrected chi connectivity index (χ4v) is 3.48. The van der Waals surface area contributed by atoms with Gasteiger partial charge in [0, 0.05) is 16.1 Å². The zero-order valence-corrected chi connectivity index (χ0v) is 19.7. The van der Waals surface area contributed by atoms with Crippen LogP contribution < -0.4 is 9.47 Å². The third-order valence-electron chi connectivity index (χ3n) is 4.75. The largest absolute Gasteiger partial charge is 0.497 e. The first kappa shape index (κ1) is 22.8. The number of aromatic nitrogens is 2. The van der Waals surface area contributed by atoms with Crippen LogP contribution in [0.25, 0.3) is 16.9 Å². The number of ether oxygens (including phenoxy) is 4. The van der Waals surface area contributed by atoms with Gasteiger partial charge in [0.2, 0.25) is 0 Å². The lowest BCUT2D eigenvalue weighted by molar-refractivity contribution is -0.166. The van der Waals surface area contributed by atoms with Crippen LogP contribution in [0.15, 0.2) is 53.0 Å². The Bertz CT molecular complexity index is 1060. The minimum absolute atomic E-state index is 0.133. The number of hydrogen-bond acceptors (Lipinski definition) is 6. The van der Waals surface area contributed by atoms with Crippen LogP contribution >= 0.6 is 15.9 Å². The van der Waals surface area contributed by atoms with Crippen molar-refractivity contribution in [3.8, 4) is 28.4 Å². The standard InChI is InChI=1S/C23H25BrN2O5/c1-23(2,22(27)30-5)31-14-16-12-21(15-10-17(28-3)13-18(11-15)29-4)26(25-16)20-9-7-6-8-19(20)24/h6-13H,14H2,1-5H3. The number of carbonyl (C=O) groups is 1. The van der Waals surface area contributed by atoms with E-state index in [1.165, 1.54) is 7.11 Å². The molecule has 0 spiro atoms. The third kappa shape index (κ3) is 5.08. The average molecular weight is 489 g/mol. The molecule has 3 rings (SSSR count). The summed E-state index contributed by atoms with van der Waals surface area (Å²) in [5.41, 5.74) is 2.10. The summed E-state index contributed by atoms with van der Waals surface area (Å²) in [6.45, 7) is 3.46. The van der Waals surface area contributed by atoms with Gasteiger partial charge in [0.15, 0.2) is 5.60 Å². The SMILES string of the molecule is COC(=O)C(C)(C)OCc1cc(-c2cc(OC)cc(OC)c2)n(-c2ccccc2Br)n1. The Morgan fingerprint density at radius 2 is 1.68 bits per heavy atom. The van der Waals surface area contributed by atoms with E-state index in [-0.39, 0.29) is 6.61 Å². The van der Waals surface area contributed by atoms with Crippen molar-refractivity contribution in [1.29, 1.82) is 0 Å². The van der Waals surface area contributed by atoms with Gasteiger partial charge in [-0.3, -0.25) is 0 Å². The molecule has 0 bridgehead atoms. The maximum atomic E-state index is 11.9. The second-order valence-corrected chi connectivity index (χ2v) is 8.13. The molecule has 0 aliphatic heterocycles. The smallest absolute Gasteiger partial charge is 0.337 e. The van der Waals surface area contributed by atoms with E-state index in [2.05, 4.69) is 15.9 Å². The van der Waals surface area contributed by atoms with Crippen molar-refractivity contribution in [3.63, 3.8) is 0 Å². The number of nitrogens with zero attached hydrogens (tertiary/aromatic N) is 2. The summed E-state index contributed by atoms with van der Waals surface area (Å²) >= 11 is 3.60. The lowest BCUT2D eigenvalue weighted by Crippen LogP contribution is -2.35. The zero-order chi connectivity index (χ0) is 22.6. The molecule has 164 valence electrons. The number of benzene rings is 2. The predicted molar refractivity (Wildman–Crippen MR) is 121 cm³/mol. The zero-order valence-electron chi connectivity index (χ0n) is 18.1. The van der Waals surface area contributed by atoms with E-state index in [1.54, 1.807) is 28.1 Å². The Hall–Kier alpha value is -2.84. The maximum absolute atomic E-state index is 11.9. The van der Waals surface area contributed by atoms with Crippen molar-refractivity contribution in [2.24, 2.45) is 0 Å². The first-order valence-corrected chi connectivity index (χ1v) is 10.4. The monoisotopic (exact) mass is 488 g/mol. The van der Waals surface area contributed by atoms with Gasteiger partial charge >= 0.3 is 5.97 Å². The first-order valence-electron chi connectivity index (χ1n) is 9.58. The number of methoxy groups -OCH3 is 3. The van der Waals surface area contributed by atoms with Crippen LogP contribution in [-0.2, 0) is 20.9 Å². The maximum Gasteiger partial charge on any atom is 0.337 e. The molecule has 0 aliphatic rings. The van der Waals surface area contributed by atoms with Crippen LogP contribution in [0.2, 0.25) is 0 Å². The molecular formula is C23H25BrN2O5. The van der Waals surface area contributed by atoms with E-state index >= 15 is 0 Å². The Labute approximate surface area is 190 Å². The second-order valence-electron chi connectivity index (χ2n) is 7.28. The summed E-state index contributed by atoms with van der Waals surface area (Å²) < 4.78 is 24.2. The number of para-hydroxylation sites is 1. The van der Waals surface area contributed by atoms with E-state index in [1.807, 2.05) is 53.2 Å². The number of hydrogen-bond donors (Lipinski definition) is 0. The molecule has 3 aromatic rings. The molecule has 1 aromatic heterocycles. The highest BCUT2D eigenvalue weighted by molar-refractivity contribution is 9.10. The Kier molecular flexibility index (Phi) is 7.02. The Morgan fingerprint density at radius 3 is 2.26 bits per heavy atom. The van der Waals surface area contributed by atoms with Crippen LogP contribution in [0.1, 0.15) is 19.5 Å². The third-order valence-corrected chi connectivity index (χ3v) is 5.42. The lowest BCUT2D eigenvalue weighted by Gasteiger charge is -2.21. The van der Waals surface area contributed by atoms with Crippen molar-refractivity contribution in [1.82, 2.24) is 9.78 Å². The minimum atomic E-state index is -1.09. The van der Waals surface area contributed by atoms with Crippen LogP contribution in [0.4, 0.5) is 0 Å². The molecule has 31 heavy (non-hydrogen) atoms. The fourth-order valence-electron chi connectivity index (χ4n) is 3.03. The summed E-state index contributed by atoms with van der Waals surface area (Å²) in [5, 5.41) is 4.74. The molecule has 2 aromatic carbocycles. The van der Waals surface area contributed by atoms with Crippen LogP contribution in [0.5, 0.6) is 11.5 Å². The van der Waals surface area contributed by atoms with E-state index in [9.17, 15) is 4.79 Å². The lowest BCUT2D eigenvalue weighted by atomic mass is 10.1. The summed E-state index contributed by atoms with van der Waals surface area (Å²) in [6.07, 6.45) is 0. The Balaban J connectivity index is 2.08. The minimum Gasteiger partial charge on any atom is -0.497 e. The quantitative estimate of drug-likeness (QED) is 0.424. The molecule has 0 N–H and O–H groups in total. The molecule has 0 atom stereocenters. The summed E-state index contributed by atoms with van der Waals surface area (Å²) in [5.74, 6) is 0.883. The number of carbonyl (C=O) groups excluding carboxylic acids is 1. The molecule has 0 aliphatic carbocycles. The molecule has 1 heterocycles. The summed E-state index contributed by atoms with van der Waals surface area (Å²) in [7, 11) is 4.55. The molecule has 0 saturated heterocycles. The van der Waals surface area contributed by atoms with E-state index in [0.717, 1.165) is 21.4 Å². The first-order chi connectivity index (χ1) is 14.8. The molecular weight excluding hydrogens is 464 g/mol. The van der Waals surface area contributed by atoms with Crippen LogP contribution in [-0.4, -0.2) is 42.7 Å². The van der Waals surface area contributed by atoms with Gasteiger partial charge in [-0.15, -0.1) is 0 Å². The van der Waals surface area contributed by atoms with Crippen molar-refractivity contribution in [2.45, 2.75) is 26.1 Å². The van der Waals surface area contributed by atoms with E-state index < -0.39 is 11.6 Å². The topological polar surface area (TPSA) is 71.8 Å². The molecule has 7 nitrogen and oxygen atoms in total. The van der Waals surface area contributed by atoms with Crippen LogP contribution in [0.3, 0.4) is 0 Å². The van der Waals surface area contributed by atoms with E-state index in [4.69, 9.17) is 24.0 Å². The van der Waals surface area contributed by atoms with E-state index in [0.29, 0.717) is 17.2 Å². The summed E-state index contributed by atoms with van der Waals surface area (Å²) in [4.78, 5) is 11.9. The Morgan fingerprint density at radius 1 is 1.03 bits per heavy atom. The number of rotatable bonds is 8. The van der Waals surface area contributed by atoms with Crippen molar-refractivity contribution >= 4 is 21.9 Å². The van der Waals surface area contributed by atoms with Crippen molar-refractivity contribution < 1.29 is 23.7 Å². The fraction of sp³-hybridized carbons (Fsp3) is 0.304. The predicted octanol–water partition coefficient (Wildman–Crippen LogP) is 4.79. The van der Waals surface area contributed by atoms with Gasteiger partial charge in [-0.05, 0) is 60.1 Å². The summed E-state index contributed by atoms with van der Waals surface area (Å²) in [6, 6.07) is 15.3. The number of halogens is 1. The van der Waals surface area contributed by atoms with Crippen molar-refractivity contribution in [3.05, 3.63) is 58.7 Å². The van der Waals surface area contributed by atoms with Gasteiger partial charge in [0.05, 0.1) is 45.0 Å². The molecule has 0 radical (unpaired) electrons. The van der Waals surface area contributed by atoms with Gasteiger partial charge in [-0.1, -0.05) is 12.1 Å². The van der Waals surface area contributed by atoms with Gasteiger partial charge < -0.3 is 18.9 Å². The highest BCUT2D eigenvalue weighted by Crippen LogP contribution is 2.33. The second kappa shape index (κ2) is 9.53. The van der Waals surface area contributed by atoms with Gasteiger partial charge in [0.1, 0.15) is 11.5 Å². The van der Waals surface area contributed by atoms with Gasteiger partial charge in [-0.25, -0.2) is 9.48 Å². The molecule has 0 fully saturated rings. The molecule has 8 heteroatoms. The van der Waals surface area contributed by atoms with Gasteiger partial charge in [0.25, 0.3) is 0 Å². The van der Waals surface area contributed by atoms with Gasteiger partial charge in [-0.2, -0.15) is 5.10 Å². The highest BCUT2D eigenvalue weighted by atomic mass is 79.9. The molecule has 0 amide bonds. The highest BCUT2D eigenvalue weighted by Gasteiger charge is 2.30. The number of esters is 1. The van der Waals surface area contributed by atoms with Crippen LogP contribution in [0, 0.1) is 0 Å². The molecule has 0 saturated carbocycles. The van der Waals surface area contributed by atoms with Crippen molar-refractivity contribution in [2.75, 3.05) is 21.3 Å². The average Bonchev–Trinajstić information content (AvgIpc) is 3.21.